The van der Waals surface area contributed by atoms with Gasteiger partial charge in [-0.2, -0.15) is 4.37 Å². The predicted octanol–water partition coefficient (Wildman–Crippen LogP) is 2.23. The molecule has 0 radical (unpaired) electrons. The molecule has 9 heteroatoms. The third-order valence-corrected chi connectivity index (χ3v) is 4.82. The number of hydrogen-bond acceptors (Lipinski definition) is 6. The first-order valence-corrected chi connectivity index (χ1v) is 9.66. The van der Waals surface area contributed by atoms with Gasteiger partial charge in [0, 0.05) is 64.3 Å². The molecule has 0 bridgehead atoms. The Labute approximate surface area is 172 Å². The van der Waals surface area contributed by atoms with Gasteiger partial charge >= 0.3 is 0 Å². The minimum Gasteiger partial charge on any atom is -0.380 e. The Morgan fingerprint density at radius 1 is 1.24 bits per heavy atom. The lowest BCUT2D eigenvalue weighted by molar-refractivity contribution is 0.135. The van der Waals surface area contributed by atoms with Crippen LogP contribution in [0.2, 0.25) is 0 Å². The van der Waals surface area contributed by atoms with Gasteiger partial charge in [-0.25, -0.2) is 4.98 Å². The van der Waals surface area contributed by atoms with E-state index in [1.807, 2.05) is 7.05 Å². The average Bonchev–Trinajstić information content (AvgIpc) is 3.11. The zero-order valence-corrected chi connectivity index (χ0v) is 18.7. The number of nitrogens with one attached hydrogen (secondary N) is 1. The van der Waals surface area contributed by atoms with Crippen LogP contribution in [0.3, 0.4) is 0 Å². The molecule has 0 unspecified atom stereocenters. The van der Waals surface area contributed by atoms with Gasteiger partial charge in [0.25, 0.3) is 0 Å². The lowest BCUT2D eigenvalue weighted by Crippen LogP contribution is -2.53. The molecule has 0 spiro atoms. The smallest absolute Gasteiger partial charge is 0.205 e. The Bertz CT molecular complexity index is 505. The third kappa shape index (κ3) is 7.22. The molecule has 1 aromatic rings. The number of ether oxygens (including phenoxy) is 1. The molecule has 0 aromatic carbocycles. The number of aryl methyl sites for hydroxylation is 1. The minimum atomic E-state index is 0. The monoisotopic (exact) mass is 482 g/mol. The summed E-state index contributed by atoms with van der Waals surface area (Å²) >= 11 is 1.50. The number of aliphatic imine (C=N–C) groups is 1. The van der Waals surface area contributed by atoms with E-state index in [9.17, 15) is 0 Å². The van der Waals surface area contributed by atoms with E-state index in [1.165, 1.54) is 18.0 Å². The standard InChI is InChI=1S/C16H30N6OS.HI/c1-4-6-12-23-13-7-18-15(17-3)21-8-10-22(11-9-21)16-19-14(5-2)20-24-16;/h4-13H2,1-3H3,(H,17,18);1H. The highest BCUT2D eigenvalue weighted by molar-refractivity contribution is 14.0. The normalized spacial score (nSPS) is 15.2. The molecule has 25 heavy (non-hydrogen) atoms. The van der Waals surface area contributed by atoms with E-state index in [4.69, 9.17) is 4.74 Å². The topological polar surface area (TPSA) is 65.9 Å². The molecule has 1 aliphatic rings. The van der Waals surface area contributed by atoms with Crippen LogP contribution in [-0.4, -0.2) is 73.2 Å². The molecule has 1 aliphatic heterocycles. The van der Waals surface area contributed by atoms with Gasteiger partial charge in [0.15, 0.2) is 5.96 Å². The molecule has 0 amide bonds. The van der Waals surface area contributed by atoms with Crippen molar-refractivity contribution in [3.05, 3.63) is 5.82 Å². The highest BCUT2D eigenvalue weighted by Gasteiger charge is 2.21. The van der Waals surface area contributed by atoms with E-state index in [2.05, 4.69) is 43.3 Å². The molecule has 0 aliphatic carbocycles. The Hall–Kier alpha value is -0.680. The van der Waals surface area contributed by atoms with Crippen LogP contribution in [0.15, 0.2) is 4.99 Å². The highest BCUT2D eigenvalue weighted by atomic mass is 127. The molecule has 0 atom stereocenters. The summed E-state index contributed by atoms with van der Waals surface area (Å²) in [4.78, 5) is 13.6. The second-order valence-electron chi connectivity index (χ2n) is 5.76. The zero-order chi connectivity index (χ0) is 17.2. The first-order valence-electron chi connectivity index (χ1n) is 8.89. The molecule has 1 aromatic heterocycles. The number of anilines is 1. The maximum atomic E-state index is 5.59. The molecule has 1 saturated heterocycles. The number of halogens is 1. The Morgan fingerprint density at radius 2 is 2.00 bits per heavy atom. The van der Waals surface area contributed by atoms with Crippen molar-refractivity contribution in [3.63, 3.8) is 0 Å². The number of guanidine groups is 1. The summed E-state index contributed by atoms with van der Waals surface area (Å²) in [5.41, 5.74) is 0. The van der Waals surface area contributed by atoms with Crippen LogP contribution >= 0.6 is 35.5 Å². The van der Waals surface area contributed by atoms with Gasteiger partial charge in [0.2, 0.25) is 5.13 Å². The maximum Gasteiger partial charge on any atom is 0.205 e. The largest absolute Gasteiger partial charge is 0.380 e. The maximum absolute atomic E-state index is 5.59. The van der Waals surface area contributed by atoms with Gasteiger partial charge in [-0.3, -0.25) is 4.99 Å². The number of hydrogen-bond donors (Lipinski definition) is 1. The fourth-order valence-corrected chi connectivity index (χ4v) is 3.34. The fourth-order valence-electron chi connectivity index (χ4n) is 2.54. The first kappa shape index (κ1) is 22.4. The summed E-state index contributed by atoms with van der Waals surface area (Å²) in [5, 5.41) is 4.43. The molecular formula is C16H31IN6OS. The van der Waals surface area contributed by atoms with Gasteiger partial charge in [-0.05, 0) is 6.42 Å². The summed E-state index contributed by atoms with van der Waals surface area (Å²) in [6, 6.07) is 0. The van der Waals surface area contributed by atoms with Crippen molar-refractivity contribution in [1.82, 2.24) is 19.6 Å². The van der Waals surface area contributed by atoms with Crippen LogP contribution in [0.1, 0.15) is 32.5 Å². The third-order valence-electron chi connectivity index (χ3n) is 4.01. The summed E-state index contributed by atoms with van der Waals surface area (Å²) in [7, 11) is 1.84. The number of nitrogens with zero attached hydrogens (tertiary/aromatic N) is 5. The summed E-state index contributed by atoms with van der Waals surface area (Å²) in [6.07, 6.45) is 3.20. The van der Waals surface area contributed by atoms with E-state index in [-0.39, 0.29) is 24.0 Å². The second-order valence-corrected chi connectivity index (χ2v) is 6.49. The zero-order valence-electron chi connectivity index (χ0n) is 15.5. The van der Waals surface area contributed by atoms with Crippen molar-refractivity contribution in [2.24, 2.45) is 4.99 Å². The molecule has 1 N–H and O–H groups in total. The quantitative estimate of drug-likeness (QED) is 0.266. The molecule has 2 rings (SSSR count). The van der Waals surface area contributed by atoms with Gasteiger partial charge in [0.05, 0.1) is 6.61 Å². The second kappa shape index (κ2) is 12.6. The fraction of sp³-hybridized carbons (Fsp3) is 0.812. The van der Waals surface area contributed by atoms with Crippen molar-refractivity contribution >= 4 is 46.6 Å². The van der Waals surface area contributed by atoms with Crippen LogP contribution in [0, 0.1) is 0 Å². The number of unbranched alkanes of at least 4 members (excludes halogenated alkanes) is 1. The van der Waals surface area contributed by atoms with Crippen molar-refractivity contribution in [2.75, 3.05) is 57.9 Å². The predicted molar refractivity (Wildman–Crippen MR) is 116 cm³/mol. The molecule has 7 nitrogen and oxygen atoms in total. The van der Waals surface area contributed by atoms with Gasteiger partial charge in [0.1, 0.15) is 5.82 Å². The van der Waals surface area contributed by atoms with Gasteiger partial charge in [-0.1, -0.05) is 20.3 Å². The van der Waals surface area contributed by atoms with Crippen molar-refractivity contribution < 1.29 is 4.74 Å². The molecular weight excluding hydrogens is 451 g/mol. The number of aromatic nitrogens is 2. The SMILES string of the molecule is CCCCOCCNC(=NC)N1CCN(c2nc(CC)ns2)CC1.I. The van der Waals surface area contributed by atoms with E-state index in [0.717, 1.165) is 75.7 Å². The summed E-state index contributed by atoms with van der Waals surface area (Å²) in [6.45, 7) is 10.4. The van der Waals surface area contributed by atoms with Crippen molar-refractivity contribution in [3.8, 4) is 0 Å². The summed E-state index contributed by atoms with van der Waals surface area (Å²) < 4.78 is 9.96. The first-order chi connectivity index (χ1) is 11.8. The Kier molecular flexibility index (Phi) is 11.3. The Balaban J connectivity index is 0.00000312. The van der Waals surface area contributed by atoms with Gasteiger partial charge < -0.3 is 19.9 Å². The number of piperazine rings is 1. The minimum absolute atomic E-state index is 0. The number of rotatable bonds is 8. The van der Waals surface area contributed by atoms with E-state index in [1.54, 1.807) is 0 Å². The van der Waals surface area contributed by atoms with Crippen LogP contribution in [-0.2, 0) is 11.2 Å². The molecule has 144 valence electrons. The van der Waals surface area contributed by atoms with Crippen LogP contribution in [0.4, 0.5) is 5.13 Å². The van der Waals surface area contributed by atoms with Crippen molar-refractivity contribution in [1.29, 1.82) is 0 Å². The summed E-state index contributed by atoms with van der Waals surface area (Å²) in [5.74, 6) is 1.90. The average molecular weight is 482 g/mol. The molecule has 2 heterocycles. The molecule has 1 fully saturated rings. The lowest BCUT2D eigenvalue weighted by atomic mass is 10.3. The van der Waals surface area contributed by atoms with E-state index in [0.29, 0.717) is 0 Å². The van der Waals surface area contributed by atoms with Gasteiger partial charge in [-0.15, -0.1) is 24.0 Å². The van der Waals surface area contributed by atoms with Crippen LogP contribution in [0.5, 0.6) is 0 Å². The highest BCUT2D eigenvalue weighted by Crippen LogP contribution is 2.19. The van der Waals surface area contributed by atoms with E-state index >= 15 is 0 Å². The molecule has 0 saturated carbocycles. The lowest BCUT2D eigenvalue weighted by Gasteiger charge is -2.36. The van der Waals surface area contributed by atoms with Crippen LogP contribution in [0.25, 0.3) is 0 Å². The Morgan fingerprint density at radius 3 is 2.60 bits per heavy atom. The van der Waals surface area contributed by atoms with Crippen LogP contribution < -0.4 is 10.2 Å². The van der Waals surface area contributed by atoms with Crippen molar-refractivity contribution in [2.45, 2.75) is 33.1 Å². The van der Waals surface area contributed by atoms with E-state index < -0.39 is 0 Å².